The zero-order chi connectivity index (χ0) is 11.6. The van der Waals surface area contributed by atoms with Gasteiger partial charge in [-0.15, -0.1) is 5.10 Å². The van der Waals surface area contributed by atoms with Crippen molar-refractivity contribution >= 4 is 17.0 Å². The highest BCUT2D eigenvalue weighted by molar-refractivity contribution is 8.13. The lowest BCUT2D eigenvalue weighted by Crippen LogP contribution is -2.14. The monoisotopic (exact) mass is 237 g/mol. The van der Waals surface area contributed by atoms with Crippen molar-refractivity contribution in [1.82, 2.24) is 15.0 Å². The molecular formula is C9H11N5OS. The van der Waals surface area contributed by atoms with Gasteiger partial charge in [0.15, 0.2) is 5.54 Å². The Morgan fingerprint density at radius 2 is 2.50 bits per heavy atom. The SMILES string of the molecule is N#CC1(n2cc(CCSC(N)=O)nn2)CC1. The number of aromatic nitrogens is 3. The molecule has 1 aliphatic rings. The Morgan fingerprint density at radius 1 is 1.75 bits per heavy atom. The number of nitriles is 1. The molecule has 0 spiro atoms. The van der Waals surface area contributed by atoms with E-state index in [1.54, 1.807) is 10.9 Å². The van der Waals surface area contributed by atoms with Crippen molar-refractivity contribution in [2.75, 3.05) is 5.75 Å². The van der Waals surface area contributed by atoms with E-state index < -0.39 is 5.54 Å². The maximum atomic E-state index is 10.5. The molecule has 2 N–H and O–H groups in total. The summed E-state index contributed by atoms with van der Waals surface area (Å²) in [6, 6.07) is 2.24. The molecule has 1 aromatic rings. The normalized spacial score (nSPS) is 16.7. The van der Waals surface area contributed by atoms with Crippen LogP contribution >= 0.6 is 11.8 Å². The van der Waals surface area contributed by atoms with Crippen LogP contribution in [0.3, 0.4) is 0 Å². The van der Waals surface area contributed by atoms with Crippen molar-refractivity contribution in [1.29, 1.82) is 5.26 Å². The summed E-state index contributed by atoms with van der Waals surface area (Å²) < 4.78 is 1.62. The second kappa shape index (κ2) is 4.14. The van der Waals surface area contributed by atoms with Crippen LogP contribution < -0.4 is 5.73 Å². The lowest BCUT2D eigenvalue weighted by atomic mass is 10.3. The van der Waals surface area contributed by atoms with Gasteiger partial charge in [0.05, 0.1) is 18.0 Å². The number of rotatable bonds is 4. The van der Waals surface area contributed by atoms with Gasteiger partial charge in [-0.05, 0) is 12.8 Å². The van der Waals surface area contributed by atoms with E-state index in [1.165, 1.54) is 0 Å². The minimum absolute atomic E-state index is 0.386. The summed E-state index contributed by atoms with van der Waals surface area (Å²) in [7, 11) is 0. The number of hydrogen-bond acceptors (Lipinski definition) is 5. The van der Waals surface area contributed by atoms with Crippen LogP contribution in [-0.2, 0) is 12.0 Å². The van der Waals surface area contributed by atoms with Crippen molar-refractivity contribution in [3.05, 3.63) is 11.9 Å². The molecule has 1 heterocycles. The standard InChI is InChI=1S/C9H11N5OS/c10-6-9(2-3-9)14-5-7(12-13-14)1-4-16-8(11)15/h5H,1-4H2,(H2,11,15). The number of hydrogen-bond donors (Lipinski definition) is 1. The number of nitrogens with two attached hydrogens (primary N) is 1. The van der Waals surface area contributed by atoms with Crippen molar-refractivity contribution in [3.63, 3.8) is 0 Å². The predicted octanol–water partition coefficient (Wildman–Crippen LogP) is 0.645. The fourth-order valence-electron chi connectivity index (χ4n) is 1.39. The number of carbonyl (C=O) groups is 1. The van der Waals surface area contributed by atoms with Crippen molar-refractivity contribution in [2.24, 2.45) is 5.73 Å². The maximum Gasteiger partial charge on any atom is 0.276 e. The molecule has 84 valence electrons. The van der Waals surface area contributed by atoms with E-state index in [1.807, 2.05) is 0 Å². The molecule has 1 aromatic heterocycles. The minimum atomic E-state index is -0.456. The molecule has 6 nitrogen and oxygen atoms in total. The second-order valence-electron chi connectivity index (χ2n) is 3.72. The van der Waals surface area contributed by atoms with Crippen LogP contribution in [0, 0.1) is 11.3 Å². The van der Waals surface area contributed by atoms with Crippen LogP contribution in [0.5, 0.6) is 0 Å². The van der Waals surface area contributed by atoms with Gasteiger partial charge in [-0.1, -0.05) is 17.0 Å². The van der Waals surface area contributed by atoms with Crippen LogP contribution in [0.15, 0.2) is 6.20 Å². The van der Waals surface area contributed by atoms with Gasteiger partial charge in [0.2, 0.25) is 0 Å². The number of carbonyl (C=O) groups excluding carboxylic acids is 1. The molecule has 7 heteroatoms. The van der Waals surface area contributed by atoms with Crippen LogP contribution in [0.2, 0.25) is 0 Å². The Hall–Kier alpha value is -1.55. The van der Waals surface area contributed by atoms with Gasteiger partial charge in [0.1, 0.15) is 0 Å². The second-order valence-corrected chi connectivity index (χ2v) is 4.81. The fourth-order valence-corrected chi connectivity index (χ4v) is 1.90. The zero-order valence-electron chi connectivity index (χ0n) is 8.59. The first-order chi connectivity index (χ1) is 7.66. The summed E-state index contributed by atoms with van der Waals surface area (Å²) in [6.45, 7) is 0. The molecule has 0 bridgehead atoms. The summed E-state index contributed by atoms with van der Waals surface area (Å²) in [4.78, 5) is 10.5. The van der Waals surface area contributed by atoms with E-state index in [0.717, 1.165) is 30.3 Å². The topological polar surface area (TPSA) is 97.6 Å². The molecule has 0 saturated heterocycles. The van der Waals surface area contributed by atoms with Gasteiger partial charge < -0.3 is 5.73 Å². The molecule has 1 saturated carbocycles. The zero-order valence-corrected chi connectivity index (χ0v) is 9.40. The summed E-state index contributed by atoms with van der Waals surface area (Å²) in [5.41, 5.74) is 5.33. The molecule has 0 aliphatic heterocycles. The fraction of sp³-hybridized carbons (Fsp3) is 0.556. The lowest BCUT2D eigenvalue weighted by molar-refractivity contribution is 0.267. The molecule has 0 aromatic carbocycles. The summed E-state index contributed by atoms with van der Waals surface area (Å²) in [6.07, 6.45) is 4.08. The summed E-state index contributed by atoms with van der Waals surface area (Å²) >= 11 is 1.06. The summed E-state index contributed by atoms with van der Waals surface area (Å²) in [5.74, 6) is 0.591. The van der Waals surface area contributed by atoms with E-state index in [9.17, 15) is 4.79 Å². The van der Waals surface area contributed by atoms with Gasteiger partial charge in [0, 0.05) is 12.2 Å². The Labute approximate surface area is 96.8 Å². The third-order valence-electron chi connectivity index (χ3n) is 2.51. The third-order valence-corrected chi connectivity index (χ3v) is 3.21. The van der Waals surface area contributed by atoms with Gasteiger partial charge in [-0.3, -0.25) is 4.79 Å². The Balaban J connectivity index is 1.93. The van der Waals surface area contributed by atoms with Crippen LogP contribution in [-0.4, -0.2) is 26.0 Å². The number of amides is 1. The highest BCUT2D eigenvalue weighted by Gasteiger charge is 2.46. The first-order valence-electron chi connectivity index (χ1n) is 4.91. The molecule has 0 unspecified atom stereocenters. The Morgan fingerprint density at radius 3 is 3.06 bits per heavy atom. The number of primary amides is 1. The molecule has 1 aliphatic carbocycles. The molecular weight excluding hydrogens is 226 g/mol. The molecule has 0 radical (unpaired) electrons. The molecule has 1 amide bonds. The van der Waals surface area contributed by atoms with E-state index in [4.69, 9.17) is 11.0 Å². The van der Waals surface area contributed by atoms with Crippen molar-refractivity contribution < 1.29 is 4.79 Å². The molecule has 16 heavy (non-hydrogen) atoms. The maximum absolute atomic E-state index is 10.5. The molecule has 1 fully saturated rings. The Bertz CT molecular complexity index is 445. The minimum Gasteiger partial charge on any atom is -0.361 e. The first kappa shape index (κ1) is 11.0. The predicted molar refractivity (Wildman–Crippen MR) is 58.6 cm³/mol. The highest BCUT2D eigenvalue weighted by atomic mass is 32.2. The average molecular weight is 237 g/mol. The Kier molecular flexibility index (Phi) is 2.83. The smallest absolute Gasteiger partial charge is 0.276 e. The van der Waals surface area contributed by atoms with E-state index >= 15 is 0 Å². The average Bonchev–Trinajstić information content (AvgIpc) is 2.92. The van der Waals surface area contributed by atoms with Crippen molar-refractivity contribution in [3.8, 4) is 6.07 Å². The number of aryl methyl sites for hydroxylation is 1. The van der Waals surface area contributed by atoms with E-state index in [2.05, 4.69) is 16.4 Å². The van der Waals surface area contributed by atoms with Gasteiger partial charge in [-0.2, -0.15) is 5.26 Å². The van der Waals surface area contributed by atoms with Crippen LogP contribution in [0.25, 0.3) is 0 Å². The quantitative estimate of drug-likeness (QED) is 0.828. The van der Waals surface area contributed by atoms with Gasteiger partial charge >= 0.3 is 0 Å². The largest absolute Gasteiger partial charge is 0.361 e. The van der Waals surface area contributed by atoms with Crippen LogP contribution in [0.4, 0.5) is 4.79 Å². The lowest BCUT2D eigenvalue weighted by Gasteiger charge is -2.02. The number of thioether (sulfide) groups is 1. The molecule has 0 atom stereocenters. The highest BCUT2D eigenvalue weighted by Crippen LogP contribution is 2.41. The van der Waals surface area contributed by atoms with Crippen LogP contribution in [0.1, 0.15) is 18.5 Å². The van der Waals surface area contributed by atoms with E-state index in [-0.39, 0.29) is 5.24 Å². The van der Waals surface area contributed by atoms with Crippen molar-refractivity contribution in [2.45, 2.75) is 24.8 Å². The van der Waals surface area contributed by atoms with E-state index in [0.29, 0.717) is 12.2 Å². The first-order valence-corrected chi connectivity index (χ1v) is 5.90. The third kappa shape index (κ3) is 2.17. The summed E-state index contributed by atoms with van der Waals surface area (Å²) in [5, 5.41) is 16.5. The van der Waals surface area contributed by atoms with Gasteiger partial charge in [-0.25, -0.2) is 4.68 Å². The molecule has 2 rings (SSSR count). The number of nitrogens with zero attached hydrogens (tertiary/aromatic N) is 4. The van der Waals surface area contributed by atoms with Gasteiger partial charge in [0.25, 0.3) is 5.24 Å².